The zero-order valence-corrected chi connectivity index (χ0v) is 16.5. The van der Waals surface area contributed by atoms with Crippen molar-refractivity contribution in [3.8, 4) is 11.5 Å². The van der Waals surface area contributed by atoms with Crippen LogP contribution >= 0.6 is 11.6 Å². The lowest BCUT2D eigenvalue weighted by atomic mass is 9.98. The van der Waals surface area contributed by atoms with Gasteiger partial charge in [-0.05, 0) is 48.6 Å². The topological polar surface area (TPSA) is 47.6 Å². The summed E-state index contributed by atoms with van der Waals surface area (Å²) in [7, 11) is 1.55. The van der Waals surface area contributed by atoms with Crippen LogP contribution in [0.1, 0.15) is 45.1 Å². The van der Waals surface area contributed by atoms with E-state index >= 15 is 0 Å². The second kappa shape index (κ2) is 9.48. The smallest absolute Gasteiger partial charge is 0.265 e. The van der Waals surface area contributed by atoms with E-state index in [2.05, 4.69) is 25.2 Å². The first kappa shape index (κ1) is 20.1. The molecule has 0 aliphatic heterocycles. The van der Waals surface area contributed by atoms with Gasteiger partial charge in [-0.1, -0.05) is 50.6 Å². The van der Waals surface area contributed by atoms with Gasteiger partial charge in [-0.2, -0.15) is 0 Å². The third kappa shape index (κ3) is 4.92. The van der Waals surface area contributed by atoms with Crippen LogP contribution < -0.4 is 14.8 Å². The molecule has 1 N–H and O–H groups in total. The molecule has 0 bridgehead atoms. The van der Waals surface area contributed by atoms with Gasteiger partial charge in [0, 0.05) is 5.69 Å². The lowest BCUT2D eigenvalue weighted by Gasteiger charge is -2.21. The summed E-state index contributed by atoms with van der Waals surface area (Å²) in [4.78, 5) is 12.7. The number of rotatable bonds is 8. The highest BCUT2D eigenvalue weighted by Gasteiger charge is 2.21. The van der Waals surface area contributed by atoms with Crippen molar-refractivity contribution in [2.45, 2.75) is 45.6 Å². The number of hydrogen-bond acceptors (Lipinski definition) is 3. The fourth-order valence-corrected chi connectivity index (χ4v) is 2.91. The standard InChI is InChI=1S/C21H26ClNO3/c1-5-14(3)16-9-7-8-10-19(16)26-18(6-2)21(24)23-15-11-12-20(25-4)17(22)13-15/h7-14,18H,5-6H2,1-4H3,(H,23,24). The molecule has 0 spiro atoms. The van der Waals surface area contributed by atoms with Crippen molar-refractivity contribution in [1.82, 2.24) is 0 Å². The number of carbonyl (C=O) groups is 1. The summed E-state index contributed by atoms with van der Waals surface area (Å²) in [6, 6.07) is 13.0. The predicted molar refractivity (Wildman–Crippen MR) is 106 cm³/mol. The minimum atomic E-state index is -0.582. The number of nitrogens with one attached hydrogen (secondary N) is 1. The van der Waals surface area contributed by atoms with Gasteiger partial charge < -0.3 is 14.8 Å². The Morgan fingerprint density at radius 3 is 2.46 bits per heavy atom. The van der Waals surface area contributed by atoms with E-state index < -0.39 is 6.10 Å². The monoisotopic (exact) mass is 375 g/mol. The molecule has 2 unspecified atom stereocenters. The van der Waals surface area contributed by atoms with E-state index in [0.29, 0.717) is 28.8 Å². The number of anilines is 1. The highest BCUT2D eigenvalue weighted by molar-refractivity contribution is 6.32. The molecule has 2 aromatic carbocycles. The molecule has 1 amide bonds. The average molecular weight is 376 g/mol. The van der Waals surface area contributed by atoms with Crippen LogP contribution in [-0.2, 0) is 4.79 Å². The van der Waals surface area contributed by atoms with Gasteiger partial charge in [0.2, 0.25) is 0 Å². The maximum Gasteiger partial charge on any atom is 0.265 e. The molecule has 0 heterocycles. The van der Waals surface area contributed by atoms with Gasteiger partial charge in [-0.15, -0.1) is 0 Å². The molecular formula is C21H26ClNO3. The second-order valence-corrected chi connectivity index (χ2v) is 6.61. The molecule has 4 nitrogen and oxygen atoms in total. The van der Waals surface area contributed by atoms with Gasteiger partial charge in [0.05, 0.1) is 12.1 Å². The Hall–Kier alpha value is -2.20. The van der Waals surface area contributed by atoms with Crippen LogP contribution in [0.3, 0.4) is 0 Å². The highest BCUT2D eigenvalue weighted by Crippen LogP contribution is 2.30. The summed E-state index contributed by atoms with van der Waals surface area (Å²) in [6.07, 6.45) is 0.985. The fraction of sp³-hybridized carbons (Fsp3) is 0.381. The molecule has 2 aromatic rings. The summed E-state index contributed by atoms with van der Waals surface area (Å²) >= 11 is 6.12. The maximum atomic E-state index is 12.7. The van der Waals surface area contributed by atoms with E-state index in [0.717, 1.165) is 17.7 Å². The van der Waals surface area contributed by atoms with Gasteiger partial charge in [-0.3, -0.25) is 4.79 Å². The van der Waals surface area contributed by atoms with Gasteiger partial charge in [-0.25, -0.2) is 0 Å². The van der Waals surface area contributed by atoms with E-state index in [4.69, 9.17) is 21.1 Å². The Labute approximate surface area is 160 Å². The van der Waals surface area contributed by atoms with E-state index in [1.807, 2.05) is 25.1 Å². The first-order chi connectivity index (χ1) is 12.5. The van der Waals surface area contributed by atoms with Crippen LogP contribution in [0.15, 0.2) is 42.5 Å². The normalized spacial score (nSPS) is 13.0. The number of amides is 1. The van der Waals surface area contributed by atoms with Crippen LogP contribution in [0.4, 0.5) is 5.69 Å². The molecule has 0 radical (unpaired) electrons. The zero-order valence-electron chi connectivity index (χ0n) is 15.7. The number of halogens is 1. The van der Waals surface area contributed by atoms with Crippen LogP contribution in [0.25, 0.3) is 0 Å². The molecule has 0 aliphatic rings. The van der Waals surface area contributed by atoms with Crippen molar-refractivity contribution in [2.75, 3.05) is 12.4 Å². The summed E-state index contributed by atoms with van der Waals surface area (Å²) in [5.41, 5.74) is 1.73. The third-order valence-electron chi connectivity index (χ3n) is 4.41. The van der Waals surface area contributed by atoms with E-state index in [1.165, 1.54) is 0 Å². The van der Waals surface area contributed by atoms with Crippen molar-refractivity contribution < 1.29 is 14.3 Å². The van der Waals surface area contributed by atoms with Gasteiger partial charge in [0.15, 0.2) is 6.10 Å². The minimum absolute atomic E-state index is 0.201. The number of benzene rings is 2. The maximum absolute atomic E-state index is 12.7. The van der Waals surface area contributed by atoms with Crippen LogP contribution in [0, 0.1) is 0 Å². The Morgan fingerprint density at radius 1 is 1.12 bits per heavy atom. The molecule has 5 heteroatoms. The zero-order chi connectivity index (χ0) is 19.1. The first-order valence-electron chi connectivity index (χ1n) is 8.90. The minimum Gasteiger partial charge on any atom is -0.495 e. The van der Waals surface area contributed by atoms with E-state index in [1.54, 1.807) is 25.3 Å². The predicted octanol–water partition coefficient (Wildman–Crippen LogP) is 5.66. The SMILES string of the molecule is CCC(Oc1ccccc1C(C)CC)C(=O)Nc1ccc(OC)c(Cl)c1. The molecule has 2 rings (SSSR count). The average Bonchev–Trinajstić information content (AvgIpc) is 2.65. The first-order valence-corrected chi connectivity index (χ1v) is 9.27. The van der Waals surface area contributed by atoms with Crippen LogP contribution in [0.2, 0.25) is 5.02 Å². The lowest BCUT2D eigenvalue weighted by Crippen LogP contribution is -2.32. The Kier molecular flexibility index (Phi) is 7.34. The second-order valence-electron chi connectivity index (χ2n) is 6.20. The number of carbonyl (C=O) groups excluding carboxylic acids is 1. The number of ether oxygens (including phenoxy) is 2. The van der Waals surface area contributed by atoms with Crippen molar-refractivity contribution in [2.24, 2.45) is 0 Å². The summed E-state index contributed by atoms with van der Waals surface area (Å²) < 4.78 is 11.2. The highest BCUT2D eigenvalue weighted by atomic mass is 35.5. The Balaban J connectivity index is 2.13. The number of methoxy groups -OCH3 is 1. The molecule has 140 valence electrons. The molecule has 2 atom stereocenters. The molecule has 0 fully saturated rings. The third-order valence-corrected chi connectivity index (χ3v) is 4.71. The molecular weight excluding hydrogens is 350 g/mol. The summed E-state index contributed by atoms with van der Waals surface area (Å²) in [5, 5.41) is 3.31. The molecule has 0 aliphatic carbocycles. The quantitative estimate of drug-likeness (QED) is 0.647. The number of hydrogen-bond donors (Lipinski definition) is 1. The van der Waals surface area contributed by atoms with Gasteiger partial charge in [0.1, 0.15) is 11.5 Å². The van der Waals surface area contributed by atoms with E-state index in [9.17, 15) is 4.79 Å². The van der Waals surface area contributed by atoms with Gasteiger partial charge >= 0.3 is 0 Å². The van der Waals surface area contributed by atoms with Crippen molar-refractivity contribution >= 4 is 23.2 Å². The molecule has 26 heavy (non-hydrogen) atoms. The largest absolute Gasteiger partial charge is 0.495 e. The molecule has 0 saturated heterocycles. The Morgan fingerprint density at radius 2 is 1.85 bits per heavy atom. The van der Waals surface area contributed by atoms with Gasteiger partial charge in [0.25, 0.3) is 5.91 Å². The van der Waals surface area contributed by atoms with Crippen molar-refractivity contribution in [3.63, 3.8) is 0 Å². The summed E-state index contributed by atoms with van der Waals surface area (Å²) in [5.74, 6) is 1.49. The van der Waals surface area contributed by atoms with Crippen molar-refractivity contribution in [3.05, 3.63) is 53.1 Å². The van der Waals surface area contributed by atoms with Crippen LogP contribution in [0.5, 0.6) is 11.5 Å². The van der Waals surface area contributed by atoms with E-state index in [-0.39, 0.29) is 5.91 Å². The molecule has 0 aromatic heterocycles. The summed E-state index contributed by atoms with van der Waals surface area (Å²) in [6.45, 7) is 6.22. The Bertz CT molecular complexity index is 748. The molecule has 0 saturated carbocycles. The van der Waals surface area contributed by atoms with Crippen molar-refractivity contribution in [1.29, 1.82) is 0 Å². The lowest BCUT2D eigenvalue weighted by molar-refractivity contribution is -0.122. The number of para-hydroxylation sites is 1. The fourth-order valence-electron chi connectivity index (χ4n) is 2.66. The van der Waals surface area contributed by atoms with Crippen LogP contribution in [-0.4, -0.2) is 19.1 Å².